The van der Waals surface area contributed by atoms with Gasteiger partial charge in [0.1, 0.15) is 0 Å². The van der Waals surface area contributed by atoms with Crippen LogP contribution in [-0.4, -0.2) is 70.2 Å². The van der Waals surface area contributed by atoms with Crippen LogP contribution in [0.1, 0.15) is 51.4 Å². The van der Waals surface area contributed by atoms with E-state index in [1.807, 2.05) is 0 Å². The van der Waals surface area contributed by atoms with Gasteiger partial charge in [-0.15, -0.1) is 0 Å². The van der Waals surface area contributed by atoms with Gasteiger partial charge in [-0.3, -0.25) is 9.59 Å². The van der Waals surface area contributed by atoms with Gasteiger partial charge in [-0.05, 0) is 77.3 Å². The first-order valence-electron chi connectivity index (χ1n) is 9.76. The molecule has 4 atom stereocenters. The zero-order chi connectivity index (χ0) is 17.9. The Hall–Kier alpha value is -1.14. The van der Waals surface area contributed by atoms with E-state index in [1.165, 1.54) is 0 Å². The van der Waals surface area contributed by atoms with Crippen molar-refractivity contribution in [3.8, 4) is 0 Å². The van der Waals surface area contributed by atoms with Gasteiger partial charge >= 0.3 is 11.9 Å². The Morgan fingerprint density at radius 1 is 0.720 bits per heavy atom. The van der Waals surface area contributed by atoms with Gasteiger partial charge in [-0.25, -0.2) is 0 Å². The molecule has 0 aromatic rings. The van der Waals surface area contributed by atoms with Crippen LogP contribution >= 0.6 is 0 Å². The lowest BCUT2D eigenvalue weighted by atomic mass is 9.59. The first-order valence-corrected chi connectivity index (χ1v) is 9.76. The van der Waals surface area contributed by atoms with E-state index in [9.17, 15) is 19.8 Å². The molecular weight excluding hydrogens is 320 g/mol. The Balaban J connectivity index is 1.69. The molecule has 4 bridgehead atoms. The first-order chi connectivity index (χ1) is 11.9. The SMILES string of the molecule is CN1C2CCC1CC(C(C(=O)O)(C(=O)O)C1CC3CCC(C1)N3C)C2. The molecule has 4 saturated heterocycles. The molecule has 25 heavy (non-hydrogen) atoms. The van der Waals surface area contributed by atoms with Crippen LogP contribution < -0.4 is 0 Å². The standard InChI is InChI=1S/C19H30N2O4/c1-20-13-3-4-14(20)8-11(7-13)19(17(22)23,18(24)25)12-9-15-5-6-16(10-12)21(15)2/h11-16H,3-10H2,1-2H3,(H,22,23)(H,24,25). The summed E-state index contributed by atoms with van der Waals surface area (Å²) in [6, 6.07) is 1.41. The summed E-state index contributed by atoms with van der Waals surface area (Å²) in [7, 11) is 4.22. The highest BCUT2D eigenvalue weighted by Crippen LogP contribution is 2.54. The topological polar surface area (TPSA) is 81.1 Å². The third kappa shape index (κ3) is 2.36. The minimum absolute atomic E-state index is 0.246. The fraction of sp³-hybridized carbons (Fsp3) is 0.895. The number of aliphatic carboxylic acids is 2. The van der Waals surface area contributed by atoms with Gasteiger partial charge in [0.05, 0.1) is 0 Å². The maximum absolute atomic E-state index is 12.5. The van der Waals surface area contributed by atoms with E-state index in [0.29, 0.717) is 49.9 Å². The number of hydrogen-bond donors (Lipinski definition) is 2. The summed E-state index contributed by atoms with van der Waals surface area (Å²) < 4.78 is 0. The molecule has 0 aromatic carbocycles. The molecule has 0 aromatic heterocycles. The normalized spacial score (nSPS) is 41.8. The smallest absolute Gasteiger partial charge is 0.321 e. The van der Waals surface area contributed by atoms with Crippen molar-refractivity contribution in [1.82, 2.24) is 9.80 Å². The predicted molar refractivity (Wildman–Crippen MR) is 92.3 cm³/mol. The average molecular weight is 350 g/mol. The fourth-order valence-electron chi connectivity index (χ4n) is 6.69. The van der Waals surface area contributed by atoms with Gasteiger partial charge in [0.15, 0.2) is 5.41 Å². The number of carboxylic acid groups (broad SMARTS) is 2. The van der Waals surface area contributed by atoms with Crippen LogP contribution in [0.15, 0.2) is 0 Å². The molecule has 0 amide bonds. The second kappa shape index (κ2) is 5.95. The van der Waals surface area contributed by atoms with Crippen LogP contribution in [-0.2, 0) is 9.59 Å². The Bertz CT molecular complexity index is 502. The average Bonchev–Trinajstić information content (AvgIpc) is 2.90. The Kier molecular flexibility index (Phi) is 4.11. The van der Waals surface area contributed by atoms with E-state index in [2.05, 4.69) is 23.9 Å². The molecule has 4 fully saturated rings. The summed E-state index contributed by atoms with van der Waals surface area (Å²) in [6.45, 7) is 0. The Labute approximate surface area is 149 Å². The van der Waals surface area contributed by atoms with Gasteiger partial charge in [0, 0.05) is 24.2 Å². The third-order valence-corrected chi connectivity index (χ3v) is 8.19. The summed E-state index contributed by atoms with van der Waals surface area (Å²) >= 11 is 0. The number of fused-ring (bicyclic) bond motifs is 4. The van der Waals surface area contributed by atoms with Gasteiger partial charge in [-0.2, -0.15) is 0 Å². The molecule has 0 saturated carbocycles. The number of hydrogen-bond acceptors (Lipinski definition) is 4. The van der Waals surface area contributed by atoms with Crippen molar-refractivity contribution < 1.29 is 19.8 Å². The van der Waals surface area contributed by atoms with Crippen LogP contribution in [0.2, 0.25) is 0 Å². The van der Waals surface area contributed by atoms with Crippen molar-refractivity contribution in [1.29, 1.82) is 0 Å². The molecule has 4 aliphatic heterocycles. The molecule has 4 aliphatic rings. The van der Waals surface area contributed by atoms with Crippen molar-refractivity contribution in [3.63, 3.8) is 0 Å². The van der Waals surface area contributed by atoms with E-state index in [-0.39, 0.29) is 11.8 Å². The lowest BCUT2D eigenvalue weighted by Gasteiger charge is -2.49. The van der Waals surface area contributed by atoms with Crippen molar-refractivity contribution >= 4 is 11.9 Å². The second-order valence-electron chi connectivity index (χ2n) is 8.92. The monoisotopic (exact) mass is 350 g/mol. The van der Waals surface area contributed by atoms with Crippen LogP contribution in [0.3, 0.4) is 0 Å². The first kappa shape index (κ1) is 17.3. The molecule has 6 nitrogen and oxygen atoms in total. The highest BCUT2D eigenvalue weighted by atomic mass is 16.4. The maximum Gasteiger partial charge on any atom is 0.321 e. The molecule has 0 aliphatic carbocycles. The fourth-order valence-corrected chi connectivity index (χ4v) is 6.69. The molecule has 0 spiro atoms. The van der Waals surface area contributed by atoms with Crippen LogP contribution in [0, 0.1) is 17.3 Å². The summed E-state index contributed by atoms with van der Waals surface area (Å²) in [5.74, 6) is -2.68. The van der Waals surface area contributed by atoms with Gasteiger partial charge in [-0.1, -0.05) is 0 Å². The summed E-state index contributed by atoms with van der Waals surface area (Å²) in [4.78, 5) is 29.7. The predicted octanol–water partition coefficient (Wildman–Crippen LogP) is 1.89. The van der Waals surface area contributed by atoms with E-state index in [0.717, 1.165) is 25.7 Å². The molecule has 4 unspecified atom stereocenters. The minimum Gasteiger partial charge on any atom is -0.480 e. The van der Waals surface area contributed by atoms with Crippen molar-refractivity contribution in [3.05, 3.63) is 0 Å². The van der Waals surface area contributed by atoms with Crippen LogP contribution in [0.25, 0.3) is 0 Å². The van der Waals surface area contributed by atoms with Crippen LogP contribution in [0.4, 0.5) is 0 Å². The summed E-state index contributed by atoms with van der Waals surface area (Å²) in [5, 5.41) is 20.4. The molecule has 0 radical (unpaired) electrons. The van der Waals surface area contributed by atoms with E-state index in [4.69, 9.17) is 0 Å². The number of nitrogens with zero attached hydrogens (tertiary/aromatic N) is 2. The van der Waals surface area contributed by atoms with Crippen molar-refractivity contribution in [2.45, 2.75) is 75.5 Å². The van der Waals surface area contributed by atoms with Crippen molar-refractivity contribution in [2.75, 3.05) is 14.1 Å². The number of carbonyl (C=O) groups is 2. The lowest BCUT2D eigenvalue weighted by Crippen LogP contribution is -2.58. The van der Waals surface area contributed by atoms with Gasteiger partial charge in [0.25, 0.3) is 0 Å². The molecule has 4 heterocycles. The van der Waals surface area contributed by atoms with E-state index >= 15 is 0 Å². The zero-order valence-corrected chi connectivity index (χ0v) is 15.2. The molecule has 4 rings (SSSR count). The maximum atomic E-state index is 12.5. The van der Waals surface area contributed by atoms with E-state index < -0.39 is 17.4 Å². The lowest BCUT2D eigenvalue weighted by molar-refractivity contribution is -0.180. The summed E-state index contributed by atoms with van der Waals surface area (Å²) in [5.41, 5.74) is -1.61. The number of rotatable bonds is 4. The van der Waals surface area contributed by atoms with Crippen molar-refractivity contribution in [2.24, 2.45) is 17.3 Å². The third-order valence-electron chi connectivity index (χ3n) is 8.19. The van der Waals surface area contributed by atoms with Crippen LogP contribution in [0.5, 0.6) is 0 Å². The molecule has 6 heteroatoms. The highest BCUT2D eigenvalue weighted by molar-refractivity contribution is 5.99. The molecule has 2 N–H and O–H groups in total. The Morgan fingerprint density at radius 2 is 1.00 bits per heavy atom. The van der Waals surface area contributed by atoms with E-state index in [1.54, 1.807) is 0 Å². The molecular formula is C19H30N2O4. The Morgan fingerprint density at radius 3 is 1.24 bits per heavy atom. The van der Waals surface area contributed by atoms with Gasteiger partial charge in [0.2, 0.25) is 0 Å². The largest absolute Gasteiger partial charge is 0.480 e. The quantitative estimate of drug-likeness (QED) is 0.754. The summed E-state index contributed by atoms with van der Waals surface area (Å²) in [6.07, 6.45) is 7.16. The minimum atomic E-state index is -1.61. The number of carboxylic acids is 2. The number of piperidine rings is 2. The second-order valence-corrected chi connectivity index (χ2v) is 8.92. The molecule has 140 valence electrons. The zero-order valence-electron chi connectivity index (χ0n) is 15.2. The highest BCUT2D eigenvalue weighted by Gasteiger charge is 2.62. The van der Waals surface area contributed by atoms with Gasteiger partial charge < -0.3 is 20.0 Å².